The highest BCUT2D eigenvalue weighted by Crippen LogP contribution is 2.58. The maximum Gasteiger partial charge on any atom is 0.0677 e. The quantitative estimate of drug-likeness (QED) is 0.278. The fourth-order valence-corrected chi connectivity index (χ4v) is 7.18. The first kappa shape index (κ1) is 24.7. The lowest BCUT2D eigenvalue weighted by atomic mass is 9.64. The van der Waals surface area contributed by atoms with Gasteiger partial charge in [-0.1, -0.05) is 141 Å². The number of rotatable bonds is 5. The van der Waals surface area contributed by atoms with Crippen molar-refractivity contribution in [1.29, 1.82) is 0 Å². The highest BCUT2D eigenvalue weighted by molar-refractivity contribution is 5.87. The van der Waals surface area contributed by atoms with Crippen molar-refractivity contribution in [3.63, 3.8) is 0 Å². The fraction of sp³-hybridized carbons (Fsp3) is 0.179. The molecule has 4 atom stereocenters. The number of hydrogen-bond acceptors (Lipinski definition) is 1. The first-order valence-corrected chi connectivity index (χ1v) is 14.5. The molecule has 1 nitrogen and oxygen atoms in total. The molecule has 0 bridgehead atoms. The lowest BCUT2D eigenvalue weighted by molar-refractivity contribution is 0.615. The van der Waals surface area contributed by atoms with Crippen LogP contribution >= 0.6 is 0 Å². The minimum Gasteiger partial charge on any atom is -0.356 e. The van der Waals surface area contributed by atoms with E-state index in [0.717, 1.165) is 17.8 Å². The van der Waals surface area contributed by atoms with Gasteiger partial charge in [-0.05, 0) is 69.8 Å². The third-order valence-corrected chi connectivity index (χ3v) is 8.98. The summed E-state index contributed by atoms with van der Waals surface area (Å²) >= 11 is 0. The van der Waals surface area contributed by atoms with Crippen LogP contribution in [0.5, 0.6) is 0 Å². The van der Waals surface area contributed by atoms with Crippen molar-refractivity contribution in [2.24, 2.45) is 11.8 Å². The molecule has 4 aromatic carbocycles. The number of benzene rings is 4. The van der Waals surface area contributed by atoms with Crippen LogP contribution < -0.4 is 5.32 Å². The molecule has 3 aliphatic carbocycles. The van der Waals surface area contributed by atoms with E-state index in [-0.39, 0.29) is 5.41 Å². The monoisotopic (exact) mass is 517 g/mol. The predicted octanol–water partition coefficient (Wildman–Crippen LogP) is 9.81. The lowest BCUT2D eigenvalue weighted by Gasteiger charge is -2.38. The third kappa shape index (κ3) is 4.00. The van der Waals surface area contributed by atoms with Crippen molar-refractivity contribution in [3.05, 3.63) is 173 Å². The van der Waals surface area contributed by atoms with Crippen molar-refractivity contribution < 1.29 is 0 Å². The molecule has 7 rings (SSSR count). The molecule has 0 saturated carbocycles. The van der Waals surface area contributed by atoms with E-state index in [9.17, 15) is 0 Å². The minimum absolute atomic E-state index is 0.313. The van der Waals surface area contributed by atoms with Gasteiger partial charge in [0.15, 0.2) is 0 Å². The second-order valence-corrected chi connectivity index (χ2v) is 11.6. The van der Waals surface area contributed by atoms with Gasteiger partial charge in [-0.3, -0.25) is 0 Å². The van der Waals surface area contributed by atoms with Gasteiger partial charge >= 0.3 is 0 Å². The van der Waals surface area contributed by atoms with Crippen molar-refractivity contribution in [1.82, 2.24) is 0 Å². The molecule has 40 heavy (non-hydrogen) atoms. The Kier molecular flexibility index (Phi) is 6.16. The number of hydrogen-bond donors (Lipinski definition) is 1. The third-order valence-electron chi connectivity index (χ3n) is 8.98. The largest absolute Gasteiger partial charge is 0.356 e. The predicted molar refractivity (Wildman–Crippen MR) is 168 cm³/mol. The van der Waals surface area contributed by atoms with Crippen molar-refractivity contribution >= 4 is 5.69 Å². The summed E-state index contributed by atoms with van der Waals surface area (Å²) in [5.74, 6) is 1.33. The zero-order chi connectivity index (χ0) is 27.1. The van der Waals surface area contributed by atoms with E-state index in [1.54, 1.807) is 0 Å². The fourth-order valence-electron chi connectivity index (χ4n) is 7.18. The summed E-state index contributed by atoms with van der Waals surface area (Å²) in [6.07, 6.45) is 15.0. The van der Waals surface area contributed by atoms with Gasteiger partial charge in [0, 0.05) is 17.3 Å². The van der Waals surface area contributed by atoms with Gasteiger partial charge in [0.2, 0.25) is 0 Å². The van der Waals surface area contributed by atoms with Crippen molar-refractivity contribution in [3.8, 4) is 11.1 Å². The van der Waals surface area contributed by atoms with Crippen molar-refractivity contribution in [2.45, 2.75) is 31.6 Å². The Balaban J connectivity index is 1.33. The maximum absolute atomic E-state index is 3.78. The van der Waals surface area contributed by atoms with Gasteiger partial charge in [0.25, 0.3) is 0 Å². The first-order chi connectivity index (χ1) is 19.6. The minimum atomic E-state index is -0.313. The zero-order valence-electron chi connectivity index (χ0n) is 23.2. The summed E-state index contributed by atoms with van der Waals surface area (Å²) < 4.78 is 0. The number of fused-ring (bicyclic) bond motifs is 3. The molecule has 0 saturated heterocycles. The molecule has 0 aromatic heterocycles. The molecule has 1 N–H and O–H groups in total. The van der Waals surface area contributed by atoms with Gasteiger partial charge in [-0.25, -0.2) is 0 Å². The molecule has 4 unspecified atom stereocenters. The zero-order valence-corrected chi connectivity index (χ0v) is 23.2. The molecule has 0 fully saturated rings. The van der Waals surface area contributed by atoms with Crippen LogP contribution in [0.2, 0.25) is 0 Å². The molecule has 0 heterocycles. The molecule has 4 aromatic rings. The van der Waals surface area contributed by atoms with Crippen LogP contribution in [-0.4, -0.2) is 0 Å². The van der Waals surface area contributed by atoms with E-state index in [4.69, 9.17) is 0 Å². The SMILES string of the molecule is CC1C=CC=C(C2(c3ccccc3)c3ccccc3-c3ccc(NC4=CC(C)C(c5ccccc5)C=C4)cc32)C1. The van der Waals surface area contributed by atoms with E-state index >= 15 is 0 Å². The van der Waals surface area contributed by atoms with Crippen LogP contribution in [0.4, 0.5) is 5.69 Å². The van der Waals surface area contributed by atoms with E-state index < -0.39 is 0 Å². The molecule has 3 aliphatic rings. The normalized spacial score (nSPS) is 24.6. The Morgan fingerprint density at radius 3 is 2.23 bits per heavy atom. The molecule has 1 heteroatoms. The molecule has 196 valence electrons. The van der Waals surface area contributed by atoms with Gasteiger partial charge in [0.1, 0.15) is 0 Å². The standard InChI is InChI=1S/C39H35N/c1-27-12-11-17-31(24-27)39(30-15-7-4-8-16-30)37-19-10-9-18-35(37)36-23-21-33(26-38(36)39)40-32-20-22-34(28(2)25-32)29-13-5-3-6-14-29/h3-23,25-28,34,40H,24H2,1-2H3. The Morgan fingerprint density at radius 2 is 1.45 bits per heavy atom. The van der Waals surface area contributed by atoms with Crippen LogP contribution in [0.3, 0.4) is 0 Å². The second kappa shape index (κ2) is 9.99. The maximum atomic E-state index is 3.78. The van der Waals surface area contributed by atoms with Gasteiger partial charge in [-0.2, -0.15) is 0 Å². The van der Waals surface area contributed by atoms with Gasteiger partial charge < -0.3 is 5.32 Å². The molecule has 0 amide bonds. The highest BCUT2D eigenvalue weighted by Gasteiger charge is 2.47. The van der Waals surface area contributed by atoms with E-state index in [1.165, 1.54) is 39.0 Å². The number of allylic oxidation sites excluding steroid dienone is 7. The first-order valence-electron chi connectivity index (χ1n) is 14.5. The highest BCUT2D eigenvalue weighted by atomic mass is 14.9. The molecular weight excluding hydrogens is 482 g/mol. The smallest absolute Gasteiger partial charge is 0.0677 e. The van der Waals surface area contributed by atoms with Gasteiger partial charge in [0.05, 0.1) is 5.41 Å². The molecular formula is C39H35N. The summed E-state index contributed by atoms with van der Waals surface area (Å²) in [7, 11) is 0. The molecule has 0 radical (unpaired) electrons. The molecule has 0 spiro atoms. The van der Waals surface area contributed by atoms with Crippen LogP contribution in [0.25, 0.3) is 11.1 Å². The van der Waals surface area contributed by atoms with Gasteiger partial charge in [-0.15, -0.1) is 0 Å². The van der Waals surface area contributed by atoms with Crippen LogP contribution in [0.1, 0.15) is 48.4 Å². The summed E-state index contributed by atoms with van der Waals surface area (Å²) in [5.41, 5.74) is 11.6. The average Bonchev–Trinajstić information content (AvgIpc) is 3.29. The Hall–Kier alpha value is -4.36. The van der Waals surface area contributed by atoms with Crippen LogP contribution in [0.15, 0.2) is 151 Å². The van der Waals surface area contributed by atoms with Crippen LogP contribution in [0, 0.1) is 11.8 Å². The Morgan fingerprint density at radius 1 is 0.725 bits per heavy atom. The van der Waals surface area contributed by atoms with Crippen molar-refractivity contribution in [2.75, 3.05) is 5.32 Å². The summed E-state index contributed by atoms with van der Waals surface area (Å²) in [5, 5.41) is 3.78. The lowest BCUT2D eigenvalue weighted by Crippen LogP contribution is -2.31. The summed E-state index contributed by atoms with van der Waals surface area (Å²) in [4.78, 5) is 0. The Bertz CT molecular complexity index is 1670. The average molecular weight is 518 g/mol. The van der Waals surface area contributed by atoms with E-state index in [1.807, 2.05) is 0 Å². The van der Waals surface area contributed by atoms with E-state index in [2.05, 4.69) is 159 Å². The number of anilines is 1. The molecule has 0 aliphatic heterocycles. The summed E-state index contributed by atoms with van der Waals surface area (Å²) in [6.45, 7) is 4.64. The number of nitrogens with one attached hydrogen (secondary N) is 1. The topological polar surface area (TPSA) is 12.0 Å². The van der Waals surface area contributed by atoms with E-state index in [0.29, 0.717) is 17.8 Å². The summed E-state index contributed by atoms with van der Waals surface area (Å²) in [6, 6.07) is 37.9. The Labute approximate surface area is 238 Å². The second-order valence-electron chi connectivity index (χ2n) is 11.6. The van der Waals surface area contributed by atoms with Crippen LogP contribution in [-0.2, 0) is 5.41 Å².